The van der Waals surface area contributed by atoms with Gasteiger partial charge in [0.1, 0.15) is 6.54 Å². The zero-order valence-corrected chi connectivity index (χ0v) is 14.3. The van der Waals surface area contributed by atoms with Gasteiger partial charge in [-0.2, -0.15) is 10.2 Å². The van der Waals surface area contributed by atoms with E-state index in [9.17, 15) is 13.6 Å². The number of aromatic nitrogens is 5. The van der Waals surface area contributed by atoms with E-state index in [1.807, 2.05) is 6.92 Å². The van der Waals surface area contributed by atoms with Crippen LogP contribution in [0.5, 0.6) is 0 Å². The lowest BCUT2D eigenvalue weighted by molar-refractivity contribution is -0.137. The zero-order chi connectivity index (χ0) is 18.6. The Kier molecular flexibility index (Phi) is 3.74. The molecule has 26 heavy (non-hydrogen) atoms. The summed E-state index contributed by atoms with van der Waals surface area (Å²) in [4.78, 5) is 15.7. The second-order valence-corrected chi connectivity index (χ2v) is 6.57. The van der Waals surface area contributed by atoms with Crippen LogP contribution in [0.3, 0.4) is 0 Å². The first-order valence-corrected chi connectivity index (χ1v) is 8.27. The molecule has 0 amide bonds. The van der Waals surface area contributed by atoms with Gasteiger partial charge in [0.2, 0.25) is 0 Å². The van der Waals surface area contributed by atoms with Crippen LogP contribution in [0.25, 0.3) is 22.3 Å². The molecule has 1 N–H and O–H groups in total. The van der Waals surface area contributed by atoms with Gasteiger partial charge in [0.25, 0.3) is 6.43 Å². The quantitative estimate of drug-likeness (QED) is 0.755. The van der Waals surface area contributed by atoms with Gasteiger partial charge in [0.05, 0.1) is 23.0 Å². The largest absolute Gasteiger partial charge is 0.480 e. The molecule has 1 fully saturated rings. The Hall–Kier alpha value is -2.84. The standard InChI is InChI=1S/C17H17F2N5O2/c1-8-11(6-20-23(8)2)12-5-10(16(18)19)14-15(9-3-4-9)22-24(7-13(25)26)17(14)21-12/h5-6,9,16H,3-4,7H2,1-2H3,(H,25,26). The number of carboxylic acids is 1. The van der Waals surface area contributed by atoms with Crippen molar-refractivity contribution in [2.75, 3.05) is 0 Å². The number of halogens is 2. The summed E-state index contributed by atoms with van der Waals surface area (Å²) in [7, 11) is 1.76. The highest BCUT2D eigenvalue weighted by molar-refractivity contribution is 5.87. The first kappa shape index (κ1) is 16.6. The van der Waals surface area contributed by atoms with Gasteiger partial charge in [0.15, 0.2) is 5.65 Å². The van der Waals surface area contributed by atoms with E-state index in [0.29, 0.717) is 17.0 Å². The summed E-state index contributed by atoms with van der Waals surface area (Å²) in [6, 6.07) is 1.37. The Bertz CT molecular complexity index is 1020. The maximum Gasteiger partial charge on any atom is 0.325 e. The number of carbonyl (C=O) groups is 1. The Morgan fingerprint density at radius 2 is 2.15 bits per heavy atom. The molecule has 9 heteroatoms. The SMILES string of the molecule is Cc1c(-c2cc(C(F)F)c3c(C4CC4)nn(CC(=O)O)c3n2)cnn1C. The molecular formula is C17H17F2N5O2. The van der Waals surface area contributed by atoms with Crippen LogP contribution < -0.4 is 0 Å². The van der Waals surface area contributed by atoms with Crippen LogP contribution in [0.2, 0.25) is 0 Å². The molecule has 1 aliphatic rings. The molecule has 0 radical (unpaired) electrons. The fourth-order valence-electron chi connectivity index (χ4n) is 3.17. The monoisotopic (exact) mass is 361 g/mol. The lowest BCUT2D eigenvalue weighted by atomic mass is 10.0. The van der Waals surface area contributed by atoms with E-state index in [2.05, 4.69) is 15.2 Å². The lowest BCUT2D eigenvalue weighted by Crippen LogP contribution is -2.11. The van der Waals surface area contributed by atoms with Gasteiger partial charge in [0, 0.05) is 29.8 Å². The predicted octanol–water partition coefficient (Wildman–Crippen LogP) is 3.04. The van der Waals surface area contributed by atoms with Crippen molar-refractivity contribution < 1.29 is 18.7 Å². The van der Waals surface area contributed by atoms with Crippen LogP contribution in [0.4, 0.5) is 8.78 Å². The number of alkyl halides is 2. The number of aryl methyl sites for hydroxylation is 1. The van der Waals surface area contributed by atoms with Crippen LogP contribution >= 0.6 is 0 Å². The van der Waals surface area contributed by atoms with Crippen molar-refractivity contribution >= 4 is 17.0 Å². The minimum Gasteiger partial charge on any atom is -0.480 e. The van der Waals surface area contributed by atoms with E-state index >= 15 is 0 Å². The summed E-state index contributed by atoms with van der Waals surface area (Å²) >= 11 is 0. The molecule has 7 nitrogen and oxygen atoms in total. The Morgan fingerprint density at radius 1 is 1.42 bits per heavy atom. The number of carboxylic acid groups (broad SMARTS) is 1. The number of pyridine rings is 1. The Morgan fingerprint density at radius 3 is 2.69 bits per heavy atom. The summed E-state index contributed by atoms with van der Waals surface area (Å²) in [5.74, 6) is -1.00. The second kappa shape index (κ2) is 5.86. The molecule has 0 saturated heterocycles. The average Bonchev–Trinajstić information content (AvgIpc) is 3.29. The highest BCUT2D eigenvalue weighted by Gasteiger charge is 2.33. The number of hydrogen-bond donors (Lipinski definition) is 1. The molecule has 3 aromatic heterocycles. The summed E-state index contributed by atoms with van der Waals surface area (Å²) in [5, 5.41) is 17.9. The Balaban J connectivity index is 2.01. The third-order valence-electron chi connectivity index (χ3n) is 4.76. The van der Waals surface area contributed by atoms with Gasteiger partial charge in [-0.15, -0.1) is 0 Å². The minimum absolute atomic E-state index is 0.0952. The first-order chi connectivity index (χ1) is 12.4. The number of fused-ring (bicyclic) bond motifs is 1. The molecule has 3 aromatic rings. The molecule has 0 aliphatic heterocycles. The van der Waals surface area contributed by atoms with Crippen LogP contribution in [-0.2, 0) is 18.4 Å². The van der Waals surface area contributed by atoms with E-state index in [1.165, 1.54) is 10.7 Å². The zero-order valence-electron chi connectivity index (χ0n) is 14.3. The highest BCUT2D eigenvalue weighted by Crippen LogP contribution is 2.45. The van der Waals surface area contributed by atoms with E-state index in [1.54, 1.807) is 17.9 Å². The van der Waals surface area contributed by atoms with Crippen molar-refractivity contribution in [1.29, 1.82) is 0 Å². The summed E-state index contributed by atoms with van der Waals surface area (Å²) in [6.07, 6.45) is 0.589. The van der Waals surface area contributed by atoms with Gasteiger partial charge in [-0.05, 0) is 25.8 Å². The third-order valence-corrected chi connectivity index (χ3v) is 4.76. The normalized spacial score (nSPS) is 14.5. The lowest BCUT2D eigenvalue weighted by Gasteiger charge is -2.08. The van der Waals surface area contributed by atoms with E-state index in [-0.39, 0.29) is 22.5 Å². The molecule has 0 aromatic carbocycles. The van der Waals surface area contributed by atoms with Gasteiger partial charge in [-0.25, -0.2) is 18.4 Å². The number of rotatable bonds is 5. The topological polar surface area (TPSA) is 85.8 Å². The van der Waals surface area contributed by atoms with Crippen molar-refractivity contribution in [3.63, 3.8) is 0 Å². The molecule has 0 atom stereocenters. The molecule has 3 heterocycles. The van der Waals surface area contributed by atoms with Gasteiger partial charge in [-0.3, -0.25) is 9.48 Å². The average molecular weight is 361 g/mol. The third kappa shape index (κ3) is 2.63. The Labute approximate surface area is 147 Å². The fraction of sp³-hybridized carbons (Fsp3) is 0.412. The molecular weight excluding hydrogens is 344 g/mol. The predicted molar refractivity (Wildman–Crippen MR) is 89.0 cm³/mol. The summed E-state index contributed by atoms with van der Waals surface area (Å²) in [6.45, 7) is 1.40. The molecule has 0 bridgehead atoms. The van der Waals surface area contributed by atoms with Crippen LogP contribution in [0, 0.1) is 6.92 Å². The van der Waals surface area contributed by atoms with Crippen molar-refractivity contribution in [2.24, 2.45) is 7.05 Å². The van der Waals surface area contributed by atoms with Gasteiger partial charge in [-0.1, -0.05) is 0 Å². The second-order valence-electron chi connectivity index (χ2n) is 6.57. The van der Waals surface area contributed by atoms with Crippen LogP contribution in [0.15, 0.2) is 12.3 Å². The van der Waals surface area contributed by atoms with Crippen molar-refractivity contribution in [3.8, 4) is 11.3 Å². The fourth-order valence-corrected chi connectivity index (χ4v) is 3.17. The van der Waals surface area contributed by atoms with Crippen molar-refractivity contribution in [1.82, 2.24) is 24.5 Å². The molecule has 1 aliphatic carbocycles. The number of nitrogens with zero attached hydrogens (tertiary/aromatic N) is 5. The maximum atomic E-state index is 13.8. The molecule has 136 valence electrons. The highest BCUT2D eigenvalue weighted by atomic mass is 19.3. The van der Waals surface area contributed by atoms with E-state index in [4.69, 9.17) is 5.11 Å². The van der Waals surface area contributed by atoms with Crippen molar-refractivity contribution in [2.45, 2.75) is 38.7 Å². The first-order valence-electron chi connectivity index (χ1n) is 8.27. The molecule has 1 saturated carbocycles. The summed E-state index contributed by atoms with van der Waals surface area (Å²) < 4.78 is 30.5. The maximum absolute atomic E-state index is 13.8. The minimum atomic E-state index is -2.71. The van der Waals surface area contributed by atoms with E-state index < -0.39 is 18.9 Å². The molecule has 0 spiro atoms. The molecule has 4 rings (SSSR count). The van der Waals surface area contributed by atoms with Gasteiger partial charge < -0.3 is 5.11 Å². The number of aliphatic carboxylic acids is 1. The van der Waals surface area contributed by atoms with E-state index in [0.717, 1.165) is 18.5 Å². The smallest absolute Gasteiger partial charge is 0.325 e. The molecule has 0 unspecified atom stereocenters. The summed E-state index contributed by atoms with van der Waals surface area (Å²) in [5.41, 5.74) is 2.30. The van der Waals surface area contributed by atoms with Crippen molar-refractivity contribution in [3.05, 3.63) is 29.2 Å². The van der Waals surface area contributed by atoms with Crippen LogP contribution in [-0.4, -0.2) is 35.6 Å². The number of hydrogen-bond acceptors (Lipinski definition) is 4. The van der Waals surface area contributed by atoms with Crippen LogP contribution in [0.1, 0.15) is 42.1 Å². The van der Waals surface area contributed by atoms with Gasteiger partial charge >= 0.3 is 5.97 Å².